The summed E-state index contributed by atoms with van der Waals surface area (Å²) in [7, 11) is 0. The van der Waals surface area contributed by atoms with Crippen molar-refractivity contribution in [1.29, 1.82) is 0 Å². The molecular formula is C29H35N5OS. The lowest BCUT2D eigenvalue weighted by Crippen LogP contribution is -2.49. The van der Waals surface area contributed by atoms with Gasteiger partial charge in [0.25, 0.3) is 0 Å². The molecular weight excluding hydrogens is 466 g/mol. The van der Waals surface area contributed by atoms with Gasteiger partial charge in [0, 0.05) is 63.8 Å². The minimum absolute atomic E-state index is 0.890. The Labute approximate surface area is 217 Å². The number of thiophene rings is 1. The van der Waals surface area contributed by atoms with E-state index in [0.29, 0.717) is 0 Å². The van der Waals surface area contributed by atoms with Gasteiger partial charge in [-0.1, -0.05) is 36.4 Å². The van der Waals surface area contributed by atoms with E-state index in [1.807, 2.05) is 0 Å². The van der Waals surface area contributed by atoms with Crippen molar-refractivity contribution in [1.82, 2.24) is 24.7 Å². The molecule has 0 aliphatic carbocycles. The van der Waals surface area contributed by atoms with Crippen LogP contribution in [0.25, 0.3) is 32.2 Å². The molecule has 0 amide bonds. The molecule has 4 aromatic rings. The second kappa shape index (κ2) is 10.8. The van der Waals surface area contributed by atoms with Gasteiger partial charge < -0.3 is 9.72 Å². The number of nitrogens with zero attached hydrogens (tertiary/aromatic N) is 4. The second-order valence-electron chi connectivity index (χ2n) is 9.99. The quantitative estimate of drug-likeness (QED) is 0.397. The Bertz CT molecular complexity index is 1280. The van der Waals surface area contributed by atoms with Crippen LogP contribution < -0.4 is 0 Å². The smallest absolute Gasteiger partial charge is 0.148 e. The number of nitrogens with one attached hydrogen (secondary N) is 1. The number of ether oxygens (including phenoxy) is 1. The number of hydrogen-bond acceptors (Lipinski definition) is 6. The zero-order valence-electron chi connectivity index (χ0n) is 21.1. The third-order valence-electron chi connectivity index (χ3n) is 7.50. The Balaban J connectivity index is 1.02. The van der Waals surface area contributed by atoms with Crippen molar-refractivity contribution in [2.24, 2.45) is 0 Å². The van der Waals surface area contributed by atoms with Crippen LogP contribution in [0.3, 0.4) is 0 Å². The average Bonchev–Trinajstić information content (AvgIpc) is 3.58. The van der Waals surface area contributed by atoms with Crippen molar-refractivity contribution >= 4 is 22.4 Å². The van der Waals surface area contributed by atoms with Crippen molar-refractivity contribution in [2.45, 2.75) is 13.5 Å². The van der Waals surface area contributed by atoms with Gasteiger partial charge in [0.05, 0.1) is 29.1 Å². The van der Waals surface area contributed by atoms with E-state index < -0.39 is 0 Å². The van der Waals surface area contributed by atoms with Gasteiger partial charge in [0.1, 0.15) is 5.82 Å². The van der Waals surface area contributed by atoms with E-state index in [1.165, 1.54) is 52.6 Å². The first kappa shape index (κ1) is 23.8. The van der Waals surface area contributed by atoms with E-state index in [-0.39, 0.29) is 0 Å². The Kier molecular flexibility index (Phi) is 7.16. The number of piperazine rings is 1. The van der Waals surface area contributed by atoms with E-state index >= 15 is 0 Å². The topological polar surface area (TPSA) is 47.6 Å². The number of aromatic nitrogens is 2. The van der Waals surface area contributed by atoms with Crippen molar-refractivity contribution in [3.63, 3.8) is 0 Å². The SMILES string of the molecule is Cc1cccc2[nH]c(-c3ccc(-c4ccc(CN5CCN(CCN6CCOCC6)CC5)cc4)s3)nc12. The molecule has 2 saturated heterocycles. The summed E-state index contributed by atoms with van der Waals surface area (Å²) in [6.45, 7) is 14.1. The van der Waals surface area contributed by atoms with Crippen LogP contribution in [0.4, 0.5) is 0 Å². The average molecular weight is 502 g/mol. The molecule has 36 heavy (non-hydrogen) atoms. The normalized spacial score (nSPS) is 18.2. The third-order valence-corrected chi connectivity index (χ3v) is 8.64. The molecule has 0 saturated carbocycles. The zero-order chi connectivity index (χ0) is 24.3. The van der Waals surface area contributed by atoms with Gasteiger partial charge in [-0.3, -0.25) is 14.7 Å². The summed E-state index contributed by atoms with van der Waals surface area (Å²) in [6.07, 6.45) is 0. The number of aromatic amines is 1. The van der Waals surface area contributed by atoms with Crippen LogP contribution in [0.2, 0.25) is 0 Å². The highest BCUT2D eigenvalue weighted by molar-refractivity contribution is 7.18. The first-order chi connectivity index (χ1) is 17.7. The van der Waals surface area contributed by atoms with Gasteiger partial charge in [-0.25, -0.2) is 4.98 Å². The van der Waals surface area contributed by atoms with Gasteiger partial charge in [-0.05, 0) is 41.8 Å². The van der Waals surface area contributed by atoms with Crippen LogP contribution in [-0.4, -0.2) is 90.2 Å². The number of hydrogen-bond donors (Lipinski definition) is 1. The molecule has 0 radical (unpaired) electrons. The van der Waals surface area contributed by atoms with Gasteiger partial charge in [0.15, 0.2) is 0 Å². The van der Waals surface area contributed by atoms with E-state index in [1.54, 1.807) is 11.3 Å². The monoisotopic (exact) mass is 501 g/mol. The number of rotatable bonds is 7. The Morgan fingerprint density at radius 1 is 0.806 bits per heavy atom. The first-order valence-corrected chi connectivity index (χ1v) is 13.9. The summed E-state index contributed by atoms with van der Waals surface area (Å²) in [5, 5.41) is 0. The summed E-state index contributed by atoms with van der Waals surface area (Å²) < 4.78 is 5.46. The molecule has 2 fully saturated rings. The number of benzene rings is 2. The lowest BCUT2D eigenvalue weighted by molar-refractivity contribution is 0.0297. The van der Waals surface area contributed by atoms with Crippen LogP contribution in [0.15, 0.2) is 54.6 Å². The highest BCUT2D eigenvalue weighted by Gasteiger charge is 2.18. The predicted molar refractivity (Wildman–Crippen MR) is 149 cm³/mol. The highest BCUT2D eigenvalue weighted by atomic mass is 32.1. The molecule has 0 bridgehead atoms. The fourth-order valence-electron chi connectivity index (χ4n) is 5.22. The highest BCUT2D eigenvalue weighted by Crippen LogP contribution is 2.34. The number of morpholine rings is 1. The maximum atomic E-state index is 5.46. The van der Waals surface area contributed by atoms with Gasteiger partial charge >= 0.3 is 0 Å². The van der Waals surface area contributed by atoms with E-state index in [4.69, 9.17) is 9.72 Å². The maximum absolute atomic E-state index is 5.46. The molecule has 2 aromatic carbocycles. The summed E-state index contributed by atoms with van der Waals surface area (Å²) >= 11 is 1.80. The molecule has 0 spiro atoms. The van der Waals surface area contributed by atoms with E-state index in [9.17, 15) is 0 Å². The molecule has 2 aliphatic heterocycles. The van der Waals surface area contributed by atoms with Crippen molar-refractivity contribution in [3.8, 4) is 21.1 Å². The van der Waals surface area contributed by atoms with E-state index in [0.717, 1.165) is 62.8 Å². The summed E-state index contributed by atoms with van der Waals surface area (Å²) in [5.41, 5.74) is 6.03. The number of H-pyrrole nitrogens is 1. The fraction of sp³-hybridized carbons (Fsp3) is 0.414. The van der Waals surface area contributed by atoms with Crippen LogP contribution in [0.5, 0.6) is 0 Å². The van der Waals surface area contributed by atoms with Crippen LogP contribution in [0.1, 0.15) is 11.1 Å². The van der Waals surface area contributed by atoms with Gasteiger partial charge in [-0.15, -0.1) is 11.3 Å². The number of para-hydroxylation sites is 1. The Hall–Kier alpha value is -2.55. The molecule has 7 heteroatoms. The van der Waals surface area contributed by atoms with Crippen molar-refractivity contribution in [3.05, 3.63) is 65.7 Å². The summed E-state index contributed by atoms with van der Waals surface area (Å²) in [4.78, 5) is 18.5. The molecule has 188 valence electrons. The molecule has 0 atom stereocenters. The predicted octanol–water partition coefficient (Wildman–Crippen LogP) is 4.72. The van der Waals surface area contributed by atoms with E-state index in [2.05, 4.69) is 81.2 Å². The Morgan fingerprint density at radius 3 is 2.25 bits per heavy atom. The number of imidazole rings is 1. The molecule has 2 aliphatic rings. The molecule has 6 nitrogen and oxygen atoms in total. The zero-order valence-corrected chi connectivity index (χ0v) is 21.9. The molecule has 6 rings (SSSR count). The first-order valence-electron chi connectivity index (χ1n) is 13.1. The maximum Gasteiger partial charge on any atom is 0.148 e. The lowest BCUT2D eigenvalue weighted by atomic mass is 10.1. The second-order valence-corrected chi connectivity index (χ2v) is 11.1. The minimum Gasteiger partial charge on any atom is -0.379 e. The molecule has 4 heterocycles. The summed E-state index contributed by atoms with van der Waals surface area (Å²) in [5.74, 6) is 0.955. The largest absolute Gasteiger partial charge is 0.379 e. The molecule has 2 aromatic heterocycles. The van der Waals surface area contributed by atoms with Gasteiger partial charge in [0.2, 0.25) is 0 Å². The van der Waals surface area contributed by atoms with Crippen molar-refractivity contribution in [2.75, 3.05) is 65.6 Å². The lowest BCUT2D eigenvalue weighted by Gasteiger charge is -2.36. The molecule has 1 N–H and O–H groups in total. The minimum atomic E-state index is 0.890. The van der Waals surface area contributed by atoms with Crippen molar-refractivity contribution < 1.29 is 4.74 Å². The van der Waals surface area contributed by atoms with Gasteiger partial charge in [-0.2, -0.15) is 0 Å². The van der Waals surface area contributed by atoms with Crippen LogP contribution >= 0.6 is 11.3 Å². The Morgan fingerprint density at radius 2 is 1.50 bits per heavy atom. The number of aryl methyl sites for hydroxylation is 1. The third kappa shape index (κ3) is 5.41. The fourth-order valence-corrected chi connectivity index (χ4v) is 6.18. The standard InChI is InChI=1S/C29H35N5OS/c1-22-3-2-4-25-28(22)31-29(30-25)27-10-9-26(36-27)24-7-5-23(6-8-24)21-34-15-13-32(14-16-34)11-12-33-17-19-35-20-18-33/h2-10H,11-21H2,1H3,(H,30,31). The number of fused-ring (bicyclic) bond motifs is 1. The summed E-state index contributed by atoms with van der Waals surface area (Å²) in [6, 6.07) is 19.8. The molecule has 0 unspecified atom stereocenters. The van der Waals surface area contributed by atoms with Crippen LogP contribution in [0, 0.1) is 6.92 Å². The van der Waals surface area contributed by atoms with Crippen LogP contribution in [-0.2, 0) is 11.3 Å².